The number of aromatic nitrogens is 4. The molecule has 3 rings (SSSR count). The molecule has 0 radical (unpaired) electrons. The average Bonchev–Trinajstić information content (AvgIpc) is 2.84. The highest BCUT2D eigenvalue weighted by Crippen LogP contribution is 2.27. The van der Waals surface area contributed by atoms with Crippen molar-refractivity contribution >= 4 is 0 Å². The molecule has 0 fully saturated rings. The molecule has 1 aliphatic heterocycles. The van der Waals surface area contributed by atoms with Crippen LogP contribution in [0.15, 0.2) is 12.1 Å². The Kier molecular flexibility index (Phi) is 3.53. The van der Waals surface area contributed by atoms with Crippen molar-refractivity contribution in [2.24, 2.45) is 0 Å². The molecule has 1 unspecified atom stereocenters. The Hall–Kier alpha value is -1.75. The standard InChI is InChI=1S/C15H21N5/c1-4-5-13-15-19-18-14(20(15)9-8-16-13)12-7-6-10(2)17-11(12)3/h6-7,13,16H,4-5,8-9H2,1-3H3. The Labute approximate surface area is 119 Å². The van der Waals surface area contributed by atoms with E-state index in [9.17, 15) is 0 Å². The molecular weight excluding hydrogens is 250 g/mol. The summed E-state index contributed by atoms with van der Waals surface area (Å²) in [5, 5.41) is 12.4. The number of aryl methyl sites for hydroxylation is 2. The van der Waals surface area contributed by atoms with Gasteiger partial charge in [0.25, 0.3) is 0 Å². The summed E-state index contributed by atoms with van der Waals surface area (Å²) < 4.78 is 2.25. The summed E-state index contributed by atoms with van der Waals surface area (Å²) in [6.07, 6.45) is 2.24. The molecule has 0 saturated carbocycles. The molecule has 0 aliphatic carbocycles. The summed E-state index contributed by atoms with van der Waals surface area (Å²) in [7, 11) is 0. The summed E-state index contributed by atoms with van der Waals surface area (Å²) in [6, 6.07) is 4.47. The van der Waals surface area contributed by atoms with Gasteiger partial charge in [-0.15, -0.1) is 10.2 Å². The van der Waals surface area contributed by atoms with Crippen molar-refractivity contribution < 1.29 is 0 Å². The fourth-order valence-corrected chi connectivity index (χ4v) is 2.88. The van der Waals surface area contributed by atoms with Crippen LogP contribution in [0.1, 0.15) is 43.0 Å². The van der Waals surface area contributed by atoms with Crippen molar-refractivity contribution in [3.63, 3.8) is 0 Å². The van der Waals surface area contributed by atoms with E-state index < -0.39 is 0 Å². The molecule has 1 atom stereocenters. The second-order valence-electron chi connectivity index (χ2n) is 5.41. The summed E-state index contributed by atoms with van der Waals surface area (Å²) in [6.45, 7) is 8.14. The Balaban J connectivity index is 2.04. The molecule has 0 amide bonds. The zero-order chi connectivity index (χ0) is 14.1. The van der Waals surface area contributed by atoms with Crippen LogP contribution in [0.4, 0.5) is 0 Å². The smallest absolute Gasteiger partial charge is 0.165 e. The van der Waals surface area contributed by atoms with E-state index in [1.54, 1.807) is 0 Å². The van der Waals surface area contributed by atoms with Crippen molar-refractivity contribution in [2.45, 2.75) is 46.2 Å². The van der Waals surface area contributed by atoms with Gasteiger partial charge < -0.3 is 9.88 Å². The lowest BCUT2D eigenvalue weighted by atomic mass is 10.1. The van der Waals surface area contributed by atoms with E-state index in [2.05, 4.69) is 38.1 Å². The van der Waals surface area contributed by atoms with Crippen LogP contribution in [0.2, 0.25) is 0 Å². The lowest BCUT2D eigenvalue weighted by Crippen LogP contribution is -2.33. The Morgan fingerprint density at radius 2 is 2.15 bits per heavy atom. The summed E-state index contributed by atoms with van der Waals surface area (Å²) in [5.41, 5.74) is 3.15. The van der Waals surface area contributed by atoms with Crippen molar-refractivity contribution in [1.82, 2.24) is 25.1 Å². The minimum atomic E-state index is 0.328. The van der Waals surface area contributed by atoms with Crippen molar-refractivity contribution in [3.05, 3.63) is 29.3 Å². The molecule has 20 heavy (non-hydrogen) atoms. The minimum absolute atomic E-state index is 0.328. The zero-order valence-corrected chi connectivity index (χ0v) is 12.3. The van der Waals surface area contributed by atoms with E-state index in [0.717, 1.165) is 54.5 Å². The van der Waals surface area contributed by atoms with E-state index in [1.165, 1.54) is 0 Å². The van der Waals surface area contributed by atoms with Crippen LogP contribution in [0, 0.1) is 13.8 Å². The van der Waals surface area contributed by atoms with E-state index in [-0.39, 0.29) is 0 Å². The van der Waals surface area contributed by atoms with Gasteiger partial charge in [-0.2, -0.15) is 0 Å². The summed E-state index contributed by atoms with van der Waals surface area (Å²) in [5.74, 6) is 2.01. The van der Waals surface area contributed by atoms with Gasteiger partial charge in [-0.05, 0) is 32.4 Å². The summed E-state index contributed by atoms with van der Waals surface area (Å²) >= 11 is 0. The molecule has 0 aromatic carbocycles. The molecule has 5 heteroatoms. The highest BCUT2D eigenvalue weighted by Gasteiger charge is 2.25. The van der Waals surface area contributed by atoms with Crippen LogP contribution in [-0.2, 0) is 6.54 Å². The lowest BCUT2D eigenvalue weighted by Gasteiger charge is -2.24. The summed E-state index contributed by atoms with van der Waals surface area (Å²) in [4.78, 5) is 4.54. The molecule has 1 N–H and O–H groups in total. The molecule has 1 aliphatic rings. The van der Waals surface area contributed by atoms with Gasteiger partial charge in [0, 0.05) is 30.0 Å². The quantitative estimate of drug-likeness (QED) is 0.931. The zero-order valence-electron chi connectivity index (χ0n) is 12.3. The fraction of sp³-hybridized carbons (Fsp3) is 0.533. The van der Waals surface area contributed by atoms with E-state index in [4.69, 9.17) is 0 Å². The molecule has 5 nitrogen and oxygen atoms in total. The Bertz CT molecular complexity index is 617. The first-order valence-corrected chi connectivity index (χ1v) is 7.31. The van der Waals surface area contributed by atoms with E-state index in [0.29, 0.717) is 6.04 Å². The lowest BCUT2D eigenvalue weighted by molar-refractivity contribution is 0.394. The molecule has 106 valence electrons. The number of nitrogens with one attached hydrogen (secondary N) is 1. The van der Waals surface area contributed by atoms with Crippen molar-refractivity contribution in [1.29, 1.82) is 0 Å². The molecule has 2 aromatic rings. The predicted molar refractivity (Wildman–Crippen MR) is 78.4 cm³/mol. The first kappa shape index (κ1) is 13.2. The van der Waals surface area contributed by atoms with Gasteiger partial charge in [-0.3, -0.25) is 4.98 Å². The topological polar surface area (TPSA) is 55.6 Å². The number of nitrogens with zero attached hydrogens (tertiary/aromatic N) is 4. The maximum atomic E-state index is 4.54. The van der Waals surface area contributed by atoms with Crippen molar-refractivity contribution in [3.8, 4) is 11.4 Å². The van der Waals surface area contributed by atoms with E-state index in [1.807, 2.05) is 19.9 Å². The van der Waals surface area contributed by atoms with Gasteiger partial charge in [0.1, 0.15) is 0 Å². The second-order valence-corrected chi connectivity index (χ2v) is 5.41. The highest BCUT2D eigenvalue weighted by atomic mass is 15.3. The van der Waals surface area contributed by atoms with E-state index >= 15 is 0 Å². The minimum Gasteiger partial charge on any atom is -0.308 e. The maximum Gasteiger partial charge on any atom is 0.165 e. The van der Waals surface area contributed by atoms with Gasteiger partial charge in [0.15, 0.2) is 11.6 Å². The first-order chi connectivity index (χ1) is 9.70. The Morgan fingerprint density at radius 3 is 2.90 bits per heavy atom. The molecular formula is C15H21N5. The third-order valence-electron chi connectivity index (χ3n) is 3.86. The van der Waals surface area contributed by atoms with Gasteiger partial charge in [0.2, 0.25) is 0 Å². The number of hydrogen-bond acceptors (Lipinski definition) is 4. The van der Waals surface area contributed by atoms with Crippen LogP contribution >= 0.6 is 0 Å². The van der Waals surface area contributed by atoms with Gasteiger partial charge >= 0.3 is 0 Å². The van der Waals surface area contributed by atoms with Crippen LogP contribution in [-0.4, -0.2) is 26.3 Å². The van der Waals surface area contributed by atoms with Gasteiger partial charge in [0.05, 0.1) is 6.04 Å². The number of rotatable bonds is 3. The van der Waals surface area contributed by atoms with Crippen molar-refractivity contribution in [2.75, 3.05) is 6.54 Å². The monoisotopic (exact) mass is 271 g/mol. The molecule has 0 saturated heterocycles. The first-order valence-electron chi connectivity index (χ1n) is 7.31. The maximum absolute atomic E-state index is 4.54. The van der Waals surface area contributed by atoms with Gasteiger partial charge in [-0.25, -0.2) is 0 Å². The predicted octanol–water partition coefficient (Wildman–Crippen LogP) is 2.40. The third kappa shape index (κ3) is 2.22. The van der Waals surface area contributed by atoms with Crippen LogP contribution < -0.4 is 5.32 Å². The normalized spacial score (nSPS) is 18.1. The molecule has 2 aromatic heterocycles. The van der Waals surface area contributed by atoms with Crippen LogP contribution in [0.25, 0.3) is 11.4 Å². The Morgan fingerprint density at radius 1 is 1.30 bits per heavy atom. The van der Waals surface area contributed by atoms with Crippen LogP contribution in [0.3, 0.4) is 0 Å². The molecule has 3 heterocycles. The number of hydrogen-bond donors (Lipinski definition) is 1. The molecule has 0 spiro atoms. The van der Waals surface area contributed by atoms with Gasteiger partial charge in [-0.1, -0.05) is 13.3 Å². The largest absolute Gasteiger partial charge is 0.308 e. The number of pyridine rings is 1. The average molecular weight is 271 g/mol. The van der Waals surface area contributed by atoms with Crippen LogP contribution in [0.5, 0.6) is 0 Å². The SMILES string of the molecule is CCCC1NCCn2c(-c3ccc(C)nc3C)nnc21. The second kappa shape index (κ2) is 5.32. The number of fused-ring (bicyclic) bond motifs is 1. The molecule has 0 bridgehead atoms. The fourth-order valence-electron chi connectivity index (χ4n) is 2.88. The highest BCUT2D eigenvalue weighted by molar-refractivity contribution is 5.58. The third-order valence-corrected chi connectivity index (χ3v) is 3.86.